The van der Waals surface area contributed by atoms with Crippen LogP contribution >= 0.6 is 0 Å². The number of aromatic nitrogens is 3. The molecule has 0 bridgehead atoms. The number of carbonyl (C=O) groups excluding carboxylic acids is 1. The molecule has 138 valence electrons. The van der Waals surface area contributed by atoms with Crippen molar-refractivity contribution in [2.75, 3.05) is 19.4 Å². The Morgan fingerprint density at radius 2 is 2.11 bits per heavy atom. The molecule has 1 aliphatic rings. The minimum absolute atomic E-state index is 0.132. The zero-order valence-electron chi connectivity index (χ0n) is 14.9. The molecule has 3 aromatic rings. The smallest absolute Gasteiger partial charge is 0.258 e. The van der Waals surface area contributed by atoms with Crippen LogP contribution in [0, 0.1) is 0 Å². The summed E-state index contributed by atoms with van der Waals surface area (Å²) < 4.78 is 10.7. The zero-order chi connectivity index (χ0) is 18.8. The van der Waals surface area contributed by atoms with Gasteiger partial charge >= 0.3 is 0 Å². The Morgan fingerprint density at radius 1 is 1.30 bits per heavy atom. The maximum Gasteiger partial charge on any atom is 0.258 e. The van der Waals surface area contributed by atoms with E-state index < -0.39 is 0 Å². The third-order valence-corrected chi connectivity index (χ3v) is 4.41. The van der Waals surface area contributed by atoms with Gasteiger partial charge in [0.05, 0.1) is 17.8 Å². The topological polar surface area (TPSA) is 107 Å². The second-order valence-electron chi connectivity index (χ2n) is 6.24. The van der Waals surface area contributed by atoms with Crippen LogP contribution in [0.5, 0.6) is 0 Å². The van der Waals surface area contributed by atoms with Crippen molar-refractivity contribution in [3.8, 4) is 11.3 Å². The number of hydrogen-bond acceptors (Lipinski definition) is 7. The van der Waals surface area contributed by atoms with Crippen LogP contribution in [0.2, 0.25) is 0 Å². The van der Waals surface area contributed by atoms with Gasteiger partial charge in [-0.05, 0) is 0 Å². The fourth-order valence-electron chi connectivity index (χ4n) is 3.15. The molecule has 0 unspecified atom stereocenters. The van der Waals surface area contributed by atoms with Gasteiger partial charge in [0.1, 0.15) is 18.1 Å². The van der Waals surface area contributed by atoms with Crippen molar-refractivity contribution < 1.29 is 13.9 Å². The highest BCUT2D eigenvalue weighted by atomic mass is 16.5. The lowest BCUT2D eigenvalue weighted by Crippen LogP contribution is -2.36. The number of carbonyl (C=O) groups is 1. The molecule has 2 N–H and O–H groups in total. The summed E-state index contributed by atoms with van der Waals surface area (Å²) in [6.07, 6.45) is 2.09. The molecule has 0 spiro atoms. The maximum absolute atomic E-state index is 13.2. The molecule has 3 heterocycles. The van der Waals surface area contributed by atoms with Crippen LogP contribution in [-0.4, -0.2) is 39.4 Å². The zero-order valence-corrected chi connectivity index (χ0v) is 14.9. The van der Waals surface area contributed by atoms with E-state index in [9.17, 15) is 4.79 Å². The Hall–Kier alpha value is -3.26. The average molecular weight is 365 g/mol. The van der Waals surface area contributed by atoms with Crippen molar-refractivity contribution in [3.05, 3.63) is 59.4 Å². The van der Waals surface area contributed by atoms with Crippen molar-refractivity contribution in [3.63, 3.8) is 0 Å². The van der Waals surface area contributed by atoms with Gasteiger partial charge in [0.25, 0.3) is 5.91 Å². The molecule has 0 saturated heterocycles. The normalized spacial score (nSPS) is 13.4. The average Bonchev–Trinajstić information content (AvgIpc) is 3.10. The van der Waals surface area contributed by atoms with E-state index >= 15 is 0 Å². The van der Waals surface area contributed by atoms with E-state index in [4.69, 9.17) is 14.9 Å². The molecule has 1 aliphatic heterocycles. The first-order chi connectivity index (χ1) is 13.2. The molecule has 27 heavy (non-hydrogen) atoms. The second-order valence-corrected chi connectivity index (χ2v) is 6.24. The number of benzene rings is 1. The fraction of sp³-hybridized carbons (Fsp3) is 0.263. The molecule has 0 atom stereocenters. The number of amides is 1. The summed E-state index contributed by atoms with van der Waals surface area (Å²) in [5.41, 5.74) is 8.28. The van der Waals surface area contributed by atoms with E-state index in [1.54, 1.807) is 12.0 Å². The lowest BCUT2D eigenvalue weighted by molar-refractivity contribution is 0.0727. The molecular weight excluding hydrogens is 346 g/mol. The molecule has 1 aromatic carbocycles. The van der Waals surface area contributed by atoms with Gasteiger partial charge in [-0.3, -0.25) is 4.79 Å². The third-order valence-electron chi connectivity index (χ3n) is 4.41. The Bertz CT molecular complexity index is 971. The Balaban J connectivity index is 1.64. The minimum atomic E-state index is -0.157. The number of rotatable bonds is 4. The molecule has 4 rings (SSSR count). The van der Waals surface area contributed by atoms with Crippen molar-refractivity contribution >= 4 is 11.9 Å². The van der Waals surface area contributed by atoms with Gasteiger partial charge in [-0.2, -0.15) is 0 Å². The van der Waals surface area contributed by atoms with E-state index in [1.807, 2.05) is 30.3 Å². The highest BCUT2D eigenvalue weighted by Gasteiger charge is 2.28. The van der Waals surface area contributed by atoms with Gasteiger partial charge in [-0.15, -0.1) is 0 Å². The summed E-state index contributed by atoms with van der Waals surface area (Å²) in [7, 11) is 1.59. The third kappa shape index (κ3) is 3.39. The van der Waals surface area contributed by atoms with Crippen LogP contribution in [0.4, 0.5) is 5.95 Å². The van der Waals surface area contributed by atoms with Gasteiger partial charge in [-0.1, -0.05) is 30.3 Å². The SMILES string of the molecule is COCc1nc2c(o1)CCN(C(=O)c1cnc(N)nc1-c1ccccc1)C2. The number of nitrogens with zero attached hydrogens (tertiary/aromatic N) is 4. The lowest BCUT2D eigenvalue weighted by Gasteiger charge is -2.26. The van der Waals surface area contributed by atoms with Crippen molar-refractivity contribution in [1.82, 2.24) is 19.9 Å². The molecular formula is C19H19N5O3. The summed E-state index contributed by atoms with van der Waals surface area (Å²) >= 11 is 0. The Kier molecular flexibility index (Phi) is 4.55. The molecule has 0 fully saturated rings. The molecule has 1 amide bonds. The Morgan fingerprint density at radius 3 is 2.89 bits per heavy atom. The van der Waals surface area contributed by atoms with Crippen molar-refractivity contribution in [2.24, 2.45) is 0 Å². The number of nitrogens with two attached hydrogens (primary N) is 1. The number of hydrogen-bond donors (Lipinski definition) is 1. The molecule has 0 aliphatic carbocycles. The van der Waals surface area contributed by atoms with E-state index in [2.05, 4.69) is 15.0 Å². The van der Waals surface area contributed by atoms with Crippen LogP contribution < -0.4 is 5.73 Å². The molecule has 0 radical (unpaired) electrons. The first-order valence-corrected chi connectivity index (χ1v) is 8.59. The molecule has 8 heteroatoms. The van der Waals surface area contributed by atoms with E-state index in [1.165, 1.54) is 6.20 Å². The van der Waals surface area contributed by atoms with Crippen molar-refractivity contribution in [2.45, 2.75) is 19.6 Å². The summed E-state index contributed by atoms with van der Waals surface area (Å²) in [5.74, 6) is 1.31. The maximum atomic E-state index is 13.2. The van der Waals surface area contributed by atoms with Crippen LogP contribution in [0.3, 0.4) is 0 Å². The molecule has 8 nitrogen and oxygen atoms in total. The van der Waals surface area contributed by atoms with E-state index in [0.717, 1.165) is 17.0 Å². The number of anilines is 1. The monoisotopic (exact) mass is 365 g/mol. The van der Waals surface area contributed by atoms with Crippen molar-refractivity contribution in [1.29, 1.82) is 0 Å². The second kappa shape index (κ2) is 7.16. The van der Waals surface area contributed by atoms with Crippen LogP contribution in [0.15, 0.2) is 40.9 Å². The predicted octanol–water partition coefficient (Wildman–Crippen LogP) is 2.06. The van der Waals surface area contributed by atoms with Crippen LogP contribution in [0.1, 0.15) is 27.7 Å². The number of fused-ring (bicyclic) bond motifs is 1. The van der Waals surface area contributed by atoms with Gasteiger partial charge in [-0.25, -0.2) is 15.0 Å². The summed E-state index contributed by atoms with van der Waals surface area (Å²) in [4.78, 5) is 27.6. The first-order valence-electron chi connectivity index (χ1n) is 8.59. The van der Waals surface area contributed by atoms with Gasteiger partial charge in [0.2, 0.25) is 11.8 Å². The van der Waals surface area contributed by atoms with Crippen LogP contribution in [0.25, 0.3) is 11.3 Å². The summed E-state index contributed by atoms with van der Waals surface area (Å²) in [5, 5.41) is 0. The number of nitrogen functional groups attached to an aromatic ring is 1. The summed E-state index contributed by atoms with van der Waals surface area (Å²) in [6, 6.07) is 9.47. The Labute approximate surface area is 156 Å². The van der Waals surface area contributed by atoms with Gasteiger partial charge < -0.3 is 19.8 Å². The predicted molar refractivity (Wildman–Crippen MR) is 97.5 cm³/mol. The highest BCUT2D eigenvalue weighted by molar-refractivity contribution is 5.99. The highest BCUT2D eigenvalue weighted by Crippen LogP contribution is 2.26. The standard InChI is InChI=1S/C19H19N5O3/c1-26-11-16-22-14-10-24(8-7-15(14)27-16)18(25)13-9-21-19(20)23-17(13)12-5-3-2-4-6-12/h2-6,9H,7-8,10-11H2,1H3,(H2,20,21,23). The van der Waals surface area contributed by atoms with E-state index in [0.29, 0.717) is 43.3 Å². The summed E-state index contributed by atoms with van der Waals surface area (Å²) in [6.45, 7) is 1.22. The quantitative estimate of drug-likeness (QED) is 0.754. The van der Waals surface area contributed by atoms with Crippen LogP contribution in [-0.2, 0) is 24.3 Å². The fourth-order valence-corrected chi connectivity index (χ4v) is 3.15. The minimum Gasteiger partial charge on any atom is -0.443 e. The van der Waals surface area contributed by atoms with Gasteiger partial charge in [0.15, 0.2) is 0 Å². The number of oxazole rings is 1. The molecule has 0 saturated carbocycles. The number of ether oxygens (including phenoxy) is 1. The molecule has 2 aromatic heterocycles. The number of methoxy groups -OCH3 is 1. The van der Waals surface area contributed by atoms with E-state index in [-0.39, 0.29) is 11.9 Å². The largest absolute Gasteiger partial charge is 0.443 e. The van der Waals surface area contributed by atoms with Gasteiger partial charge in [0, 0.05) is 31.8 Å². The first kappa shape index (κ1) is 17.2. The lowest BCUT2D eigenvalue weighted by atomic mass is 10.0.